The molecule has 30 heavy (non-hydrogen) atoms. The molecule has 0 spiro atoms. The lowest BCUT2D eigenvalue weighted by molar-refractivity contribution is -0.140. The van der Waals surface area contributed by atoms with Crippen molar-refractivity contribution in [2.24, 2.45) is 0 Å². The molecule has 2 aromatic carbocycles. The molecule has 0 radical (unpaired) electrons. The van der Waals surface area contributed by atoms with E-state index in [0.29, 0.717) is 23.8 Å². The summed E-state index contributed by atoms with van der Waals surface area (Å²) in [6.07, 6.45) is -4.50. The maximum Gasteiger partial charge on any atom is 0.419 e. The van der Waals surface area contributed by atoms with Crippen LogP contribution in [0.25, 0.3) is 0 Å². The Morgan fingerprint density at radius 3 is 2.50 bits per heavy atom. The number of likely N-dealkylation sites (N-methyl/N-ethyl adjacent to an activating group) is 1. The Balaban J connectivity index is 2.00. The van der Waals surface area contributed by atoms with Crippen molar-refractivity contribution >= 4 is 15.7 Å². The highest BCUT2D eigenvalue weighted by molar-refractivity contribution is 7.92. The first kappa shape index (κ1) is 22.2. The summed E-state index contributed by atoms with van der Waals surface area (Å²) < 4.78 is 91.2. The molecule has 11 heteroatoms. The van der Waals surface area contributed by atoms with Gasteiger partial charge in [-0.05, 0) is 50.8 Å². The molecular weight excluding hydrogens is 428 g/mol. The Labute approximate surface area is 171 Å². The summed E-state index contributed by atoms with van der Waals surface area (Å²) in [5.74, 6) is -0.809. The van der Waals surface area contributed by atoms with Crippen LogP contribution in [0.3, 0.4) is 0 Å². The summed E-state index contributed by atoms with van der Waals surface area (Å²) in [6, 6.07) is 4.48. The first-order valence-electron chi connectivity index (χ1n) is 8.82. The van der Waals surface area contributed by atoms with Crippen molar-refractivity contribution in [3.8, 4) is 11.5 Å². The Bertz CT molecular complexity index is 1060. The van der Waals surface area contributed by atoms with Gasteiger partial charge in [0.25, 0.3) is 10.0 Å². The maximum atomic E-state index is 13.5. The first-order chi connectivity index (χ1) is 13.9. The van der Waals surface area contributed by atoms with Gasteiger partial charge in [0.1, 0.15) is 23.9 Å². The van der Waals surface area contributed by atoms with Gasteiger partial charge in [-0.1, -0.05) is 0 Å². The van der Waals surface area contributed by atoms with Crippen LogP contribution in [-0.2, 0) is 22.6 Å². The summed E-state index contributed by atoms with van der Waals surface area (Å²) in [5.41, 5.74) is -0.967. The van der Waals surface area contributed by atoms with E-state index in [4.69, 9.17) is 9.47 Å². The third-order valence-electron chi connectivity index (χ3n) is 4.83. The molecule has 0 aromatic heterocycles. The van der Waals surface area contributed by atoms with Crippen molar-refractivity contribution in [1.29, 1.82) is 0 Å². The number of methoxy groups -OCH3 is 1. The fraction of sp³-hybridized carbons (Fsp3) is 0.368. The van der Waals surface area contributed by atoms with Gasteiger partial charge in [-0.15, -0.1) is 0 Å². The number of nitrogens with zero attached hydrogens (tertiary/aromatic N) is 1. The van der Waals surface area contributed by atoms with Crippen molar-refractivity contribution in [3.63, 3.8) is 0 Å². The number of sulfonamides is 1. The number of anilines is 1. The van der Waals surface area contributed by atoms with E-state index >= 15 is 0 Å². The lowest BCUT2D eigenvalue weighted by Gasteiger charge is -2.32. The standard InChI is InChI=1S/C19H20F4N2O4S/c1-25(2)11-8-13-17(28-3)7-6-16(18(13)29-10-11)24-30(26,27)12-4-5-15(20)14(9-12)19(21,22)23/h4-7,9,11,24H,8,10H2,1-3H3/t11-/m1/s1. The van der Waals surface area contributed by atoms with E-state index in [1.807, 2.05) is 19.0 Å². The van der Waals surface area contributed by atoms with Crippen LogP contribution in [0.4, 0.5) is 23.2 Å². The predicted molar refractivity (Wildman–Crippen MR) is 102 cm³/mol. The topological polar surface area (TPSA) is 67.9 Å². The minimum Gasteiger partial charge on any atom is -0.496 e. The Kier molecular flexibility index (Phi) is 5.87. The zero-order valence-corrected chi connectivity index (χ0v) is 17.2. The lowest BCUT2D eigenvalue weighted by Crippen LogP contribution is -2.38. The van der Waals surface area contributed by atoms with Gasteiger partial charge in [0, 0.05) is 11.6 Å². The molecule has 0 bridgehead atoms. The van der Waals surface area contributed by atoms with Gasteiger partial charge in [0.05, 0.1) is 23.3 Å². The Morgan fingerprint density at radius 2 is 1.90 bits per heavy atom. The van der Waals surface area contributed by atoms with E-state index in [1.165, 1.54) is 13.2 Å². The normalized spacial score (nSPS) is 16.7. The number of benzene rings is 2. The summed E-state index contributed by atoms with van der Waals surface area (Å²) in [5, 5.41) is 0. The summed E-state index contributed by atoms with van der Waals surface area (Å²) in [6.45, 7) is 0.288. The fourth-order valence-electron chi connectivity index (χ4n) is 3.14. The number of hydrogen-bond acceptors (Lipinski definition) is 5. The average Bonchev–Trinajstić information content (AvgIpc) is 2.66. The van der Waals surface area contributed by atoms with Crippen LogP contribution in [0.5, 0.6) is 11.5 Å². The number of rotatable bonds is 5. The zero-order valence-electron chi connectivity index (χ0n) is 16.4. The number of fused-ring (bicyclic) bond motifs is 1. The van der Waals surface area contributed by atoms with Gasteiger partial charge in [0.15, 0.2) is 0 Å². The molecule has 0 unspecified atom stereocenters. The van der Waals surface area contributed by atoms with Gasteiger partial charge >= 0.3 is 6.18 Å². The molecule has 0 saturated heterocycles. The third-order valence-corrected chi connectivity index (χ3v) is 6.19. The number of hydrogen-bond donors (Lipinski definition) is 1. The molecule has 6 nitrogen and oxygen atoms in total. The summed E-state index contributed by atoms with van der Waals surface area (Å²) >= 11 is 0. The van der Waals surface area contributed by atoms with Gasteiger partial charge in [-0.3, -0.25) is 4.72 Å². The molecule has 0 amide bonds. The average molecular weight is 448 g/mol. The SMILES string of the molecule is COc1ccc(NS(=O)(=O)c2ccc(F)c(C(F)(F)F)c2)c2c1C[C@@H](N(C)C)CO2. The van der Waals surface area contributed by atoms with E-state index in [2.05, 4.69) is 4.72 Å². The monoisotopic (exact) mass is 448 g/mol. The summed E-state index contributed by atoms with van der Waals surface area (Å²) in [7, 11) is 0.784. The second kappa shape index (κ2) is 7.95. The molecule has 3 rings (SSSR count). The molecule has 2 aromatic rings. The minimum absolute atomic E-state index is 0.0321. The van der Waals surface area contributed by atoms with E-state index in [9.17, 15) is 26.0 Å². The number of ether oxygens (including phenoxy) is 2. The molecule has 1 N–H and O–H groups in total. The van der Waals surface area contributed by atoms with Crippen molar-refractivity contribution < 1.29 is 35.5 Å². The summed E-state index contributed by atoms with van der Waals surface area (Å²) in [4.78, 5) is 1.24. The third kappa shape index (κ3) is 4.31. The molecule has 1 heterocycles. The second-order valence-corrected chi connectivity index (χ2v) is 8.68. The molecule has 0 aliphatic carbocycles. The molecule has 0 fully saturated rings. The molecule has 1 atom stereocenters. The van der Waals surface area contributed by atoms with E-state index < -0.39 is 32.5 Å². The van der Waals surface area contributed by atoms with Gasteiger partial charge in [-0.25, -0.2) is 12.8 Å². The van der Waals surface area contributed by atoms with Crippen LogP contribution < -0.4 is 14.2 Å². The largest absolute Gasteiger partial charge is 0.496 e. The van der Waals surface area contributed by atoms with Crippen molar-refractivity contribution in [2.45, 2.75) is 23.5 Å². The van der Waals surface area contributed by atoms with Crippen LogP contribution in [0, 0.1) is 5.82 Å². The van der Waals surface area contributed by atoms with Crippen molar-refractivity contribution in [1.82, 2.24) is 4.90 Å². The first-order valence-corrected chi connectivity index (χ1v) is 10.3. The van der Waals surface area contributed by atoms with Gasteiger partial charge in [0.2, 0.25) is 0 Å². The molecule has 0 saturated carbocycles. The highest BCUT2D eigenvalue weighted by atomic mass is 32.2. The van der Waals surface area contributed by atoms with E-state index in [-0.39, 0.29) is 30.2 Å². The molecular formula is C19H20F4N2O4S. The highest BCUT2D eigenvalue weighted by Gasteiger charge is 2.36. The number of halogens is 4. The van der Waals surface area contributed by atoms with Crippen molar-refractivity contribution in [3.05, 3.63) is 47.3 Å². The number of alkyl halides is 3. The molecule has 1 aliphatic rings. The Hall–Kier alpha value is -2.53. The Morgan fingerprint density at radius 1 is 1.20 bits per heavy atom. The van der Waals surface area contributed by atoms with Crippen LogP contribution >= 0.6 is 0 Å². The van der Waals surface area contributed by atoms with Crippen LogP contribution in [0.1, 0.15) is 11.1 Å². The lowest BCUT2D eigenvalue weighted by atomic mass is 10.00. The van der Waals surface area contributed by atoms with Crippen molar-refractivity contribution in [2.75, 3.05) is 32.5 Å². The molecule has 164 valence electrons. The predicted octanol–water partition coefficient (Wildman–Crippen LogP) is 3.52. The van der Waals surface area contributed by atoms with Gasteiger partial charge < -0.3 is 14.4 Å². The van der Waals surface area contributed by atoms with Crippen LogP contribution in [0.15, 0.2) is 35.2 Å². The van der Waals surface area contributed by atoms with E-state index in [1.54, 1.807) is 6.07 Å². The zero-order chi connectivity index (χ0) is 22.3. The van der Waals surface area contributed by atoms with Crippen LogP contribution in [-0.4, -0.2) is 47.2 Å². The second-order valence-electron chi connectivity index (χ2n) is 7.00. The number of nitrogens with one attached hydrogen (secondary N) is 1. The van der Waals surface area contributed by atoms with Gasteiger partial charge in [-0.2, -0.15) is 13.2 Å². The maximum absolute atomic E-state index is 13.5. The highest BCUT2D eigenvalue weighted by Crippen LogP contribution is 2.41. The van der Waals surface area contributed by atoms with E-state index in [0.717, 1.165) is 6.07 Å². The molecule has 1 aliphatic heterocycles. The quantitative estimate of drug-likeness (QED) is 0.709. The smallest absolute Gasteiger partial charge is 0.419 e. The minimum atomic E-state index is -5.03. The van der Waals surface area contributed by atoms with Crippen LogP contribution in [0.2, 0.25) is 0 Å². The fourth-order valence-corrected chi connectivity index (χ4v) is 4.23.